The number of carbonyl (C=O) groups is 3. The standard InChI is InChI=1S/C43H82O6/c1-6-7-8-9-10-11-14-17-23-28-33-41(44)47-36-40(37-48-42(45)34-29-24-20-19-22-27-32-39(4)5)49-43(46)35-30-25-18-15-12-13-16-21-26-31-38(2)3/h38-40H,6-37H2,1-5H3/t40-/m1/s1. The molecule has 0 aromatic rings. The van der Waals surface area contributed by atoms with E-state index in [9.17, 15) is 14.4 Å². The highest BCUT2D eigenvalue weighted by atomic mass is 16.6. The second kappa shape index (κ2) is 36.2. The molecule has 0 aliphatic heterocycles. The summed E-state index contributed by atoms with van der Waals surface area (Å²) in [6.45, 7) is 11.2. The van der Waals surface area contributed by atoms with E-state index in [2.05, 4.69) is 34.6 Å². The quantitative estimate of drug-likeness (QED) is 0.0366. The SMILES string of the molecule is CCCCCCCCCCCCC(=O)OC[C@H](COC(=O)CCCCCCCCC(C)C)OC(=O)CCCCCCCCCCCC(C)C. The average Bonchev–Trinajstić information content (AvgIpc) is 3.06. The molecule has 0 aliphatic carbocycles. The van der Waals surface area contributed by atoms with E-state index in [1.54, 1.807) is 0 Å². The van der Waals surface area contributed by atoms with Gasteiger partial charge in [0.15, 0.2) is 6.10 Å². The lowest BCUT2D eigenvalue weighted by molar-refractivity contribution is -0.167. The summed E-state index contributed by atoms with van der Waals surface area (Å²) in [6, 6.07) is 0. The minimum absolute atomic E-state index is 0.0663. The molecule has 290 valence electrons. The van der Waals surface area contributed by atoms with Crippen LogP contribution in [0.15, 0.2) is 0 Å². The zero-order valence-corrected chi connectivity index (χ0v) is 33.3. The molecule has 0 heterocycles. The molecular formula is C43H82O6. The lowest BCUT2D eigenvalue weighted by Crippen LogP contribution is -2.30. The molecule has 49 heavy (non-hydrogen) atoms. The van der Waals surface area contributed by atoms with Crippen molar-refractivity contribution in [1.29, 1.82) is 0 Å². The van der Waals surface area contributed by atoms with Crippen LogP contribution in [-0.2, 0) is 28.6 Å². The molecule has 0 saturated carbocycles. The van der Waals surface area contributed by atoms with Gasteiger partial charge in [-0.3, -0.25) is 14.4 Å². The first kappa shape index (κ1) is 47.4. The Labute approximate surface area is 304 Å². The third kappa shape index (κ3) is 37.5. The van der Waals surface area contributed by atoms with Gasteiger partial charge in [0.05, 0.1) is 0 Å². The summed E-state index contributed by atoms with van der Waals surface area (Å²) in [4.78, 5) is 37.5. The summed E-state index contributed by atoms with van der Waals surface area (Å²) < 4.78 is 16.6. The number of carbonyl (C=O) groups excluding carboxylic acids is 3. The molecule has 0 aliphatic rings. The van der Waals surface area contributed by atoms with Crippen molar-refractivity contribution in [2.75, 3.05) is 13.2 Å². The van der Waals surface area contributed by atoms with Crippen LogP contribution in [-0.4, -0.2) is 37.2 Å². The van der Waals surface area contributed by atoms with Crippen molar-refractivity contribution in [2.45, 2.75) is 233 Å². The second-order valence-electron chi connectivity index (χ2n) is 15.6. The third-order valence-electron chi connectivity index (χ3n) is 9.47. The molecule has 0 bridgehead atoms. The molecule has 0 spiro atoms. The highest BCUT2D eigenvalue weighted by molar-refractivity contribution is 5.71. The normalized spacial score (nSPS) is 12.1. The van der Waals surface area contributed by atoms with E-state index in [4.69, 9.17) is 14.2 Å². The molecule has 0 saturated heterocycles. The number of rotatable bonds is 37. The molecule has 6 heteroatoms. The van der Waals surface area contributed by atoms with Crippen molar-refractivity contribution in [3.05, 3.63) is 0 Å². The van der Waals surface area contributed by atoms with Gasteiger partial charge in [0.2, 0.25) is 0 Å². The first-order chi connectivity index (χ1) is 23.7. The predicted molar refractivity (Wildman–Crippen MR) is 206 cm³/mol. The molecule has 0 unspecified atom stereocenters. The summed E-state index contributed by atoms with van der Waals surface area (Å²) in [6.07, 6.45) is 32.4. The molecule has 0 rings (SSSR count). The first-order valence-corrected chi connectivity index (χ1v) is 21.2. The molecule has 0 aromatic carbocycles. The van der Waals surface area contributed by atoms with E-state index >= 15 is 0 Å². The maximum absolute atomic E-state index is 12.6. The summed E-state index contributed by atoms with van der Waals surface area (Å²) in [5.74, 6) is 0.701. The van der Waals surface area contributed by atoms with Crippen LogP contribution in [0.1, 0.15) is 227 Å². The van der Waals surface area contributed by atoms with Crippen molar-refractivity contribution < 1.29 is 28.6 Å². The fourth-order valence-corrected chi connectivity index (χ4v) is 6.22. The van der Waals surface area contributed by atoms with Crippen LogP contribution in [0.5, 0.6) is 0 Å². The maximum atomic E-state index is 12.6. The van der Waals surface area contributed by atoms with E-state index in [-0.39, 0.29) is 31.1 Å². The van der Waals surface area contributed by atoms with Gasteiger partial charge in [-0.15, -0.1) is 0 Å². The van der Waals surface area contributed by atoms with Crippen LogP contribution in [0, 0.1) is 11.8 Å². The van der Waals surface area contributed by atoms with E-state index < -0.39 is 6.10 Å². The molecule has 0 aromatic heterocycles. The van der Waals surface area contributed by atoms with Crippen LogP contribution >= 0.6 is 0 Å². The molecule has 0 N–H and O–H groups in total. The third-order valence-corrected chi connectivity index (χ3v) is 9.47. The Bertz CT molecular complexity index is 749. The smallest absolute Gasteiger partial charge is 0.306 e. The zero-order valence-electron chi connectivity index (χ0n) is 33.3. The monoisotopic (exact) mass is 695 g/mol. The Morgan fingerprint density at radius 1 is 0.388 bits per heavy atom. The van der Waals surface area contributed by atoms with Gasteiger partial charge in [0, 0.05) is 19.3 Å². The fraction of sp³-hybridized carbons (Fsp3) is 0.930. The predicted octanol–water partition coefficient (Wildman–Crippen LogP) is 13.0. The Balaban J connectivity index is 4.35. The molecule has 0 fully saturated rings. The fourth-order valence-electron chi connectivity index (χ4n) is 6.22. The second-order valence-corrected chi connectivity index (χ2v) is 15.6. The van der Waals surface area contributed by atoms with Gasteiger partial charge in [-0.1, -0.05) is 189 Å². The number of ether oxygens (including phenoxy) is 3. The van der Waals surface area contributed by atoms with Crippen LogP contribution < -0.4 is 0 Å². The number of hydrogen-bond donors (Lipinski definition) is 0. The van der Waals surface area contributed by atoms with Gasteiger partial charge in [0.25, 0.3) is 0 Å². The average molecular weight is 695 g/mol. The summed E-state index contributed by atoms with van der Waals surface area (Å²) >= 11 is 0. The molecule has 1 atom stereocenters. The molecular weight excluding hydrogens is 612 g/mol. The minimum atomic E-state index is -0.759. The number of unbranched alkanes of at least 4 members (excludes halogenated alkanes) is 22. The van der Waals surface area contributed by atoms with Crippen molar-refractivity contribution >= 4 is 17.9 Å². The van der Waals surface area contributed by atoms with E-state index in [1.165, 1.54) is 116 Å². The van der Waals surface area contributed by atoms with E-state index in [0.717, 1.165) is 69.6 Å². The number of esters is 3. The molecule has 6 nitrogen and oxygen atoms in total. The van der Waals surface area contributed by atoms with Crippen LogP contribution in [0.25, 0.3) is 0 Å². The summed E-state index contributed by atoms with van der Waals surface area (Å²) in [5, 5.41) is 0. The Morgan fingerprint density at radius 3 is 1.00 bits per heavy atom. The summed E-state index contributed by atoms with van der Waals surface area (Å²) in [7, 11) is 0. The van der Waals surface area contributed by atoms with Crippen molar-refractivity contribution in [3.63, 3.8) is 0 Å². The zero-order chi connectivity index (χ0) is 36.2. The Kier molecular flexibility index (Phi) is 35.0. The maximum Gasteiger partial charge on any atom is 0.306 e. The topological polar surface area (TPSA) is 78.9 Å². The highest BCUT2D eigenvalue weighted by Crippen LogP contribution is 2.16. The lowest BCUT2D eigenvalue weighted by Gasteiger charge is -2.18. The van der Waals surface area contributed by atoms with Crippen molar-refractivity contribution in [1.82, 2.24) is 0 Å². The van der Waals surface area contributed by atoms with Crippen LogP contribution in [0.3, 0.4) is 0 Å². The van der Waals surface area contributed by atoms with Gasteiger partial charge in [-0.25, -0.2) is 0 Å². The Hall–Kier alpha value is -1.59. The lowest BCUT2D eigenvalue weighted by atomic mass is 10.0. The van der Waals surface area contributed by atoms with Crippen molar-refractivity contribution in [3.8, 4) is 0 Å². The first-order valence-electron chi connectivity index (χ1n) is 21.2. The largest absolute Gasteiger partial charge is 0.462 e. The van der Waals surface area contributed by atoms with Crippen molar-refractivity contribution in [2.24, 2.45) is 11.8 Å². The van der Waals surface area contributed by atoms with Gasteiger partial charge in [-0.05, 0) is 31.1 Å². The van der Waals surface area contributed by atoms with Gasteiger partial charge < -0.3 is 14.2 Å². The van der Waals surface area contributed by atoms with Crippen LogP contribution in [0.4, 0.5) is 0 Å². The Morgan fingerprint density at radius 2 is 0.673 bits per heavy atom. The highest BCUT2D eigenvalue weighted by Gasteiger charge is 2.19. The summed E-state index contributed by atoms with van der Waals surface area (Å²) in [5.41, 5.74) is 0. The van der Waals surface area contributed by atoms with Gasteiger partial charge >= 0.3 is 17.9 Å². The van der Waals surface area contributed by atoms with Crippen LogP contribution in [0.2, 0.25) is 0 Å². The van der Waals surface area contributed by atoms with E-state index in [1.807, 2.05) is 0 Å². The number of hydrogen-bond acceptors (Lipinski definition) is 6. The minimum Gasteiger partial charge on any atom is -0.462 e. The van der Waals surface area contributed by atoms with Gasteiger partial charge in [-0.2, -0.15) is 0 Å². The van der Waals surface area contributed by atoms with E-state index in [0.29, 0.717) is 19.3 Å². The molecule has 0 radical (unpaired) electrons. The van der Waals surface area contributed by atoms with Gasteiger partial charge in [0.1, 0.15) is 13.2 Å². The molecule has 0 amide bonds.